The summed E-state index contributed by atoms with van der Waals surface area (Å²) < 4.78 is 19.2. The molecule has 0 N–H and O–H groups in total. The van der Waals surface area contributed by atoms with Gasteiger partial charge in [-0.05, 0) is 30.3 Å². The lowest BCUT2D eigenvalue weighted by Gasteiger charge is -2.34. The zero-order valence-electron chi connectivity index (χ0n) is 13.6. The first-order chi connectivity index (χ1) is 12.5. The summed E-state index contributed by atoms with van der Waals surface area (Å²) in [5, 5.41) is 1.03. The molecule has 0 saturated carbocycles. The monoisotopic (exact) mass is 392 g/mol. The lowest BCUT2D eigenvalue weighted by atomic mass is 10.2. The van der Waals surface area contributed by atoms with Crippen molar-refractivity contribution in [1.82, 2.24) is 9.80 Å². The number of fused-ring (bicyclic) bond motifs is 1. The molecule has 1 aliphatic rings. The third kappa shape index (κ3) is 2.97. The molecule has 0 aliphatic carbocycles. The maximum absolute atomic E-state index is 13.4. The van der Waals surface area contributed by atoms with Gasteiger partial charge in [0.05, 0.1) is 11.3 Å². The summed E-state index contributed by atoms with van der Waals surface area (Å²) in [4.78, 5) is 28.8. The van der Waals surface area contributed by atoms with E-state index in [9.17, 15) is 14.0 Å². The second-order valence-corrected chi connectivity index (χ2v) is 7.38. The first-order valence-electron chi connectivity index (χ1n) is 8.04. The Morgan fingerprint density at radius 1 is 1.08 bits per heavy atom. The number of piperazine rings is 1. The van der Waals surface area contributed by atoms with Crippen LogP contribution in [0.2, 0.25) is 5.02 Å². The number of thiophene rings is 1. The highest BCUT2D eigenvalue weighted by Gasteiger charge is 2.28. The molecule has 8 heteroatoms. The van der Waals surface area contributed by atoms with Crippen molar-refractivity contribution in [1.29, 1.82) is 0 Å². The highest BCUT2D eigenvalue weighted by atomic mass is 35.5. The van der Waals surface area contributed by atoms with Crippen molar-refractivity contribution >= 4 is 44.8 Å². The molecule has 1 aromatic carbocycles. The first kappa shape index (κ1) is 17.1. The Balaban J connectivity index is 1.49. The van der Waals surface area contributed by atoms with E-state index in [0.29, 0.717) is 51.9 Å². The van der Waals surface area contributed by atoms with E-state index in [2.05, 4.69) is 0 Å². The number of rotatable bonds is 2. The fourth-order valence-electron chi connectivity index (χ4n) is 2.99. The average molecular weight is 393 g/mol. The number of amides is 2. The standard InChI is InChI=1S/C18H14ClFN2O3S/c19-15-12-4-3-11(20)10-14(12)26-16(15)18(24)22-7-5-21(6-8-22)17(23)13-2-1-9-25-13/h1-4,9-10H,5-8H2. The summed E-state index contributed by atoms with van der Waals surface area (Å²) in [5.74, 6) is -0.446. The van der Waals surface area contributed by atoms with Crippen LogP contribution in [-0.2, 0) is 0 Å². The van der Waals surface area contributed by atoms with Gasteiger partial charge in [0, 0.05) is 36.3 Å². The molecule has 1 saturated heterocycles. The third-order valence-electron chi connectivity index (χ3n) is 4.37. The molecule has 1 fully saturated rings. The summed E-state index contributed by atoms with van der Waals surface area (Å²) in [6, 6.07) is 7.58. The maximum Gasteiger partial charge on any atom is 0.289 e. The Hall–Kier alpha value is -2.38. The zero-order chi connectivity index (χ0) is 18.3. The lowest BCUT2D eigenvalue weighted by Crippen LogP contribution is -2.50. The summed E-state index contributed by atoms with van der Waals surface area (Å²) in [7, 11) is 0. The van der Waals surface area contributed by atoms with Crippen LogP contribution >= 0.6 is 22.9 Å². The summed E-state index contributed by atoms with van der Waals surface area (Å²) in [6.45, 7) is 1.65. The van der Waals surface area contributed by atoms with Crippen molar-refractivity contribution in [2.24, 2.45) is 0 Å². The Bertz CT molecular complexity index is 978. The minimum atomic E-state index is -0.362. The fourth-order valence-corrected chi connectivity index (χ4v) is 4.49. The van der Waals surface area contributed by atoms with Crippen molar-refractivity contribution < 1.29 is 18.4 Å². The second kappa shape index (κ2) is 6.74. The number of halogens is 2. The van der Waals surface area contributed by atoms with Crippen LogP contribution in [0.4, 0.5) is 4.39 Å². The van der Waals surface area contributed by atoms with Crippen molar-refractivity contribution in [3.05, 3.63) is 58.1 Å². The van der Waals surface area contributed by atoms with Gasteiger partial charge in [-0.3, -0.25) is 9.59 Å². The molecule has 0 bridgehead atoms. The molecule has 5 nitrogen and oxygen atoms in total. The molecule has 3 heterocycles. The SMILES string of the molecule is O=C(c1ccco1)N1CCN(C(=O)c2sc3cc(F)ccc3c2Cl)CC1. The normalized spacial score (nSPS) is 14.8. The maximum atomic E-state index is 13.4. The summed E-state index contributed by atoms with van der Waals surface area (Å²) >= 11 is 7.52. The van der Waals surface area contributed by atoms with Crippen LogP contribution in [0.15, 0.2) is 41.0 Å². The van der Waals surface area contributed by atoms with Gasteiger partial charge in [0.25, 0.3) is 11.8 Å². The number of nitrogens with zero attached hydrogens (tertiary/aromatic N) is 2. The van der Waals surface area contributed by atoms with Gasteiger partial charge in [0.1, 0.15) is 10.7 Å². The predicted octanol–water partition coefficient (Wildman–Crippen LogP) is 3.89. The zero-order valence-corrected chi connectivity index (χ0v) is 15.1. The van der Waals surface area contributed by atoms with Gasteiger partial charge < -0.3 is 14.2 Å². The number of benzene rings is 1. The minimum absolute atomic E-state index is 0.183. The molecule has 2 aromatic heterocycles. The van der Waals surface area contributed by atoms with E-state index in [0.717, 1.165) is 0 Å². The number of furan rings is 1. The molecule has 4 rings (SSSR count). The third-order valence-corrected chi connectivity index (χ3v) is 6.02. The van der Waals surface area contributed by atoms with Crippen molar-refractivity contribution in [3.8, 4) is 0 Å². The lowest BCUT2D eigenvalue weighted by molar-refractivity contribution is 0.0520. The van der Waals surface area contributed by atoms with Gasteiger partial charge in [-0.2, -0.15) is 0 Å². The molecule has 3 aromatic rings. The second-order valence-electron chi connectivity index (χ2n) is 5.95. The number of carbonyl (C=O) groups excluding carboxylic acids is 2. The van der Waals surface area contributed by atoms with Gasteiger partial charge in [0.15, 0.2) is 5.76 Å². The quantitative estimate of drug-likeness (QED) is 0.665. The van der Waals surface area contributed by atoms with Crippen LogP contribution in [0.1, 0.15) is 20.2 Å². The highest BCUT2D eigenvalue weighted by molar-refractivity contribution is 7.21. The Morgan fingerprint density at radius 3 is 2.42 bits per heavy atom. The van der Waals surface area contributed by atoms with Gasteiger partial charge >= 0.3 is 0 Å². The molecular formula is C18H14ClFN2O3S. The van der Waals surface area contributed by atoms with Gasteiger partial charge in [-0.15, -0.1) is 11.3 Å². The van der Waals surface area contributed by atoms with Crippen LogP contribution < -0.4 is 0 Å². The number of hydrogen-bond acceptors (Lipinski definition) is 4. The minimum Gasteiger partial charge on any atom is -0.459 e. The molecule has 2 amide bonds. The van der Waals surface area contributed by atoms with Crippen LogP contribution in [0, 0.1) is 5.82 Å². The molecule has 0 atom stereocenters. The topological polar surface area (TPSA) is 53.8 Å². The van der Waals surface area contributed by atoms with Crippen molar-refractivity contribution in [2.75, 3.05) is 26.2 Å². The Kier molecular flexibility index (Phi) is 4.42. The molecular weight excluding hydrogens is 379 g/mol. The molecule has 0 unspecified atom stereocenters. The van der Waals surface area contributed by atoms with Crippen LogP contribution in [0.3, 0.4) is 0 Å². The van der Waals surface area contributed by atoms with E-state index in [1.807, 2.05) is 0 Å². The van der Waals surface area contributed by atoms with Gasteiger partial charge in [-0.1, -0.05) is 11.6 Å². The first-order valence-corrected chi connectivity index (χ1v) is 9.23. The van der Waals surface area contributed by atoms with E-state index in [1.165, 1.54) is 29.7 Å². The van der Waals surface area contributed by atoms with E-state index in [1.54, 1.807) is 28.0 Å². The van der Waals surface area contributed by atoms with Crippen LogP contribution in [-0.4, -0.2) is 47.8 Å². The Morgan fingerprint density at radius 2 is 1.77 bits per heavy atom. The molecule has 134 valence electrons. The smallest absolute Gasteiger partial charge is 0.289 e. The number of hydrogen-bond donors (Lipinski definition) is 0. The van der Waals surface area contributed by atoms with Crippen LogP contribution in [0.25, 0.3) is 10.1 Å². The fraction of sp³-hybridized carbons (Fsp3) is 0.222. The predicted molar refractivity (Wildman–Crippen MR) is 97.3 cm³/mol. The number of carbonyl (C=O) groups is 2. The molecule has 0 radical (unpaired) electrons. The van der Waals surface area contributed by atoms with E-state index >= 15 is 0 Å². The molecule has 0 spiro atoms. The summed E-state index contributed by atoms with van der Waals surface area (Å²) in [5.41, 5.74) is 0. The van der Waals surface area contributed by atoms with Crippen molar-refractivity contribution in [2.45, 2.75) is 0 Å². The molecule has 26 heavy (non-hydrogen) atoms. The van der Waals surface area contributed by atoms with Gasteiger partial charge in [-0.25, -0.2) is 4.39 Å². The van der Waals surface area contributed by atoms with E-state index < -0.39 is 0 Å². The average Bonchev–Trinajstić information content (AvgIpc) is 3.29. The summed E-state index contributed by atoms with van der Waals surface area (Å²) in [6.07, 6.45) is 1.46. The Labute approximate surface area is 157 Å². The largest absolute Gasteiger partial charge is 0.459 e. The van der Waals surface area contributed by atoms with Gasteiger partial charge in [0.2, 0.25) is 0 Å². The van der Waals surface area contributed by atoms with Crippen molar-refractivity contribution in [3.63, 3.8) is 0 Å². The van der Waals surface area contributed by atoms with E-state index in [-0.39, 0.29) is 17.6 Å². The van der Waals surface area contributed by atoms with E-state index in [4.69, 9.17) is 16.0 Å². The van der Waals surface area contributed by atoms with Crippen LogP contribution in [0.5, 0.6) is 0 Å². The molecule has 1 aliphatic heterocycles. The highest BCUT2D eigenvalue weighted by Crippen LogP contribution is 2.36.